The lowest BCUT2D eigenvalue weighted by molar-refractivity contribution is -0.144. The van der Waals surface area contributed by atoms with Crippen molar-refractivity contribution >= 4 is 127 Å². The molecule has 1 aromatic carbocycles. The molecule has 0 unspecified atom stereocenters. The summed E-state index contributed by atoms with van der Waals surface area (Å²) in [6.07, 6.45) is 3.38. The molecule has 36 nitrogen and oxygen atoms in total. The first-order valence-corrected chi connectivity index (χ1v) is 34.6. The SMILES string of the molecule is CC(C)C[C@H](NC(=O)[C@@H]1CCCN1C(=O)[C@H](CS)NC(=O)[C@@H]1CCCN1C(=O)[C@H](CCCN=C(N)N)NC(=O)CNC(=O)[C@H](Cc1cnc[nH]1)NC(=O)[C@H](CS)NC(=O)CN)C(=O)N[C@@H](CCC(N)=O)C(=O)N[C@@H](Cc1ccc(O)cc1)C(=O)N[C@@H](CS)C(=O)N[C@@H](CCCCN)C(=O)O. The number of unbranched alkanes of at least 4 members (excludes halogenated alkanes) is 1. The lowest BCUT2D eigenvalue weighted by atomic mass is 10.0. The number of likely N-dealkylation sites (tertiary alicyclic amines) is 2. The van der Waals surface area contributed by atoms with Crippen molar-refractivity contribution in [2.75, 3.05) is 56.5 Å². The number of rotatable bonds is 43. The number of carbonyl (C=O) groups excluding carboxylic acids is 13. The second-order valence-corrected chi connectivity index (χ2v) is 25.5. The van der Waals surface area contributed by atoms with Crippen molar-refractivity contribution in [3.8, 4) is 5.75 Å². The van der Waals surface area contributed by atoms with Crippen molar-refractivity contribution in [3.05, 3.63) is 48.0 Å². The number of thiol groups is 3. The van der Waals surface area contributed by atoms with E-state index in [2.05, 4.69) is 106 Å². The Kier molecular flexibility index (Phi) is 35.8. The number of aromatic amines is 1. The van der Waals surface area contributed by atoms with Crippen LogP contribution in [0.25, 0.3) is 0 Å². The van der Waals surface area contributed by atoms with Gasteiger partial charge in [0.2, 0.25) is 76.8 Å². The molecule has 0 spiro atoms. The Labute approximate surface area is 594 Å². The van der Waals surface area contributed by atoms with Crippen LogP contribution in [0.2, 0.25) is 0 Å². The molecule has 2 aromatic rings. The summed E-state index contributed by atoms with van der Waals surface area (Å²) in [6.45, 7) is 2.79. The number of phenolic OH excluding ortho intramolecular Hbond substituents is 1. The van der Waals surface area contributed by atoms with Gasteiger partial charge in [-0.25, -0.2) is 9.78 Å². The fraction of sp³-hybridized carbons (Fsp3) is 0.607. The number of imidazole rings is 1. The molecule has 100 heavy (non-hydrogen) atoms. The number of benzene rings is 1. The molecule has 2 aliphatic rings. The Morgan fingerprint density at radius 1 is 0.590 bits per heavy atom. The number of phenols is 1. The predicted molar refractivity (Wildman–Crippen MR) is 373 cm³/mol. The van der Waals surface area contributed by atoms with Gasteiger partial charge < -0.3 is 107 Å². The van der Waals surface area contributed by atoms with Crippen molar-refractivity contribution in [1.29, 1.82) is 0 Å². The maximum atomic E-state index is 14.5. The van der Waals surface area contributed by atoms with Crippen LogP contribution in [0.4, 0.5) is 0 Å². The van der Waals surface area contributed by atoms with Crippen molar-refractivity contribution in [2.45, 2.75) is 170 Å². The summed E-state index contributed by atoms with van der Waals surface area (Å²) in [7, 11) is 0. The van der Waals surface area contributed by atoms with Gasteiger partial charge in [-0.1, -0.05) is 26.0 Å². The summed E-state index contributed by atoms with van der Waals surface area (Å²) >= 11 is 12.7. The third-order valence-electron chi connectivity index (χ3n) is 16.1. The molecule has 0 bridgehead atoms. The van der Waals surface area contributed by atoms with E-state index in [1.165, 1.54) is 46.6 Å². The third kappa shape index (κ3) is 27.6. The van der Waals surface area contributed by atoms with E-state index in [9.17, 15) is 77.3 Å². The van der Waals surface area contributed by atoms with E-state index in [0.29, 0.717) is 43.5 Å². The predicted octanol–water partition coefficient (Wildman–Crippen LogP) is -6.31. The molecule has 1 aromatic heterocycles. The zero-order chi connectivity index (χ0) is 74.2. The van der Waals surface area contributed by atoms with Crippen LogP contribution in [0.3, 0.4) is 0 Å². The number of nitrogens with one attached hydrogen (secondary N) is 11. The first-order chi connectivity index (χ1) is 47.5. The number of primary amides is 1. The average Bonchev–Trinajstić information content (AvgIpc) is 1.61. The highest BCUT2D eigenvalue weighted by atomic mass is 32.1. The molecular weight excluding hydrogens is 1360 g/mol. The lowest BCUT2D eigenvalue weighted by Gasteiger charge is -2.32. The van der Waals surface area contributed by atoms with Crippen molar-refractivity contribution in [3.63, 3.8) is 0 Å². The van der Waals surface area contributed by atoms with E-state index in [-0.39, 0.29) is 106 Å². The monoisotopic (exact) mass is 1460 g/mol. The first kappa shape index (κ1) is 83.5. The maximum absolute atomic E-state index is 14.5. The second kappa shape index (κ2) is 42.9. The standard InChI is InChI=1S/C61H96N20O16S3/c1-32(2)22-39(52(88)73-36(16-17-47(64)83)51(87)75-40(23-33-12-14-35(82)15-13-33)53(89)78-43(29-99)55(91)74-38(60(96)97)8-3-4-18-62)77-56(92)45-10-7-21-81(45)59(95)44(30-100)79-57(93)46-11-6-20-80(46)58(94)37(9-5-19-68-61(65)66)71-49(85)27-69-50(86)41(24-34-26-67-31-70-34)76-54(90)42(28-98)72-48(84)25-63/h12-15,26,31-32,36-46,82,98-100H,3-11,16-25,27-30,62-63H2,1-2H3,(H2,64,83)(H,67,70)(H,69,86)(H,71,85)(H,72,84)(H,73,88)(H,74,91)(H,75,87)(H,76,90)(H,77,92)(H,78,89)(H,79,93)(H,96,97)(H4,65,66,68)/t36-,37-,38-,39-,40-,41-,42-,43-,44-,45-,46-/m0/s1. The number of carboxylic acids is 1. The minimum absolute atomic E-state index is 0.0209. The Bertz CT molecular complexity index is 3170. The van der Waals surface area contributed by atoms with Crippen LogP contribution >= 0.6 is 37.9 Å². The smallest absolute Gasteiger partial charge is 0.326 e. The lowest BCUT2D eigenvalue weighted by Crippen LogP contribution is -2.61. The van der Waals surface area contributed by atoms with Crippen molar-refractivity contribution < 1.29 is 77.3 Å². The van der Waals surface area contributed by atoms with Gasteiger partial charge in [0.05, 0.1) is 19.4 Å². The number of aromatic nitrogens is 2. The van der Waals surface area contributed by atoms with Gasteiger partial charge in [-0.15, -0.1) is 0 Å². The van der Waals surface area contributed by atoms with Gasteiger partial charge in [0.15, 0.2) is 5.96 Å². The molecule has 3 heterocycles. The van der Waals surface area contributed by atoms with Gasteiger partial charge in [0.1, 0.15) is 72.2 Å². The molecule has 13 amide bonds. The summed E-state index contributed by atoms with van der Waals surface area (Å²) in [4.78, 5) is 204. The molecule has 2 saturated heterocycles. The number of carbonyl (C=O) groups is 14. The fourth-order valence-corrected chi connectivity index (χ4v) is 11.7. The van der Waals surface area contributed by atoms with E-state index >= 15 is 0 Å². The van der Waals surface area contributed by atoms with Gasteiger partial charge in [-0.2, -0.15) is 37.9 Å². The Morgan fingerprint density at radius 3 is 1.62 bits per heavy atom. The number of carboxylic acid groups (broad SMARTS) is 1. The van der Waals surface area contributed by atoms with E-state index in [4.69, 9.17) is 28.7 Å². The zero-order valence-corrected chi connectivity index (χ0v) is 58.5. The number of nitrogens with zero attached hydrogens (tertiary/aromatic N) is 4. The number of hydrogen-bond acceptors (Lipinski definition) is 22. The van der Waals surface area contributed by atoms with Crippen LogP contribution in [0.15, 0.2) is 41.8 Å². The van der Waals surface area contributed by atoms with Gasteiger partial charge in [-0.05, 0) is 101 Å². The quantitative estimate of drug-likeness (QED) is 0.0127. The number of nitrogens with two attached hydrogens (primary N) is 5. The van der Waals surface area contributed by atoms with E-state index in [1.54, 1.807) is 13.8 Å². The van der Waals surface area contributed by atoms with E-state index < -0.39 is 175 Å². The molecule has 2 aliphatic heterocycles. The molecule has 11 atom stereocenters. The van der Waals surface area contributed by atoms with Crippen LogP contribution in [-0.4, -0.2) is 242 Å². The highest BCUT2D eigenvalue weighted by Crippen LogP contribution is 2.23. The number of hydrogen-bond donors (Lipinski definition) is 21. The highest BCUT2D eigenvalue weighted by Gasteiger charge is 2.43. The summed E-state index contributed by atoms with van der Waals surface area (Å²) in [5.74, 6) is -13.4. The molecule has 23 N–H and O–H groups in total. The molecule has 39 heteroatoms. The van der Waals surface area contributed by atoms with Gasteiger partial charge in [0.25, 0.3) is 0 Å². The first-order valence-electron chi connectivity index (χ1n) is 32.7. The fourth-order valence-electron chi connectivity index (χ4n) is 10.9. The molecule has 0 aliphatic carbocycles. The number of aromatic hydroxyl groups is 1. The Balaban J connectivity index is 1.49. The molecule has 0 radical (unpaired) electrons. The number of amides is 13. The Morgan fingerprint density at radius 2 is 1.09 bits per heavy atom. The molecule has 4 rings (SSSR count). The van der Waals surface area contributed by atoms with Crippen molar-refractivity contribution in [2.24, 2.45) is 39.6 Å². The Hall–Kier alpha value is -8.95. The van der Waals surface area contributed by atoms with Gasteiger partial charge >= 0.3 is 5.97 Å². The topological polar surface area (TPSA) is 577 Å². The zero-order valence-electron chi connectivity index (χ0n) is 55.8. The number of guanidine groups is 1. The molecule has 0 saturated carbocycles. The molecular formula is C61H96N20O16S3. The normalized spacial score (nSPS) is 16.8. The van der Waals surface area contributed by atoms with Gasteiger partial charge in [0, 0.05) is 68.0 Å². The minimum Gasteiger partial charge on any atom is -0.508 e. The van der Waals surface area contributed by atoms with Crippen LogP contribution in [0, 0.1) is 5.92 Å². The summed E-state index contributed by atoms with van der Waals surface area (Å²) in [6, 6.07) is -9.20. The average molecular weight is 1460 g/mol. The minimum atomic E-state index is -1.59. The summed E-state index contributed by atoms with van der Waals surface area (Å²) < 4.78 is 0. The molecule has 2 fully saturated rings. The van der Waals surface area contributed by atoms with Crippen LogP contribution < -0.4 is 81.8 Å². The van der Waals surface area contributed by atoms with Gasteiger partial charge in [-0.3, -0.25) is 67.3 Å². The maximum Gasteiger partial charge on any atom is 0.326 e. The molecule has 554 valence electrons. The number of aliphatic carboxylic acids is 1. The third-order valence-corrected chi connectivity index (χ3v) is 17.2. The van der Waals surface area contributed by atoms with Crippen LogP contribution in [0.1, 0.15) is 102 Å². The number of H-pyrrole nitrogens is 1. The van der Waals surface area contributed by atoms with E-state index in [1.807, 2.05) is 0 Å². The van der Waals surface area contributed by atoms with Crippen molar-refractivity contribution in [1.82, 2.24) is 72.9 Å². The largest absolute Gasteiger partial charge is 0.508 e. The highest BCUT2D eigenvalue weighted by molar-refractivity contribution is 7.80. The van der Waals surface area contributed by atoms with Crippen LogP contribution in [-0.2, 0) is 80.0 Å². The second-order valence-electron chi connectivity index (χ2n) is 24.4. The number of aliphatic imine (C=N–C) groups is 1. The van der Waals surface area contributed by atoms with Crippen LogP contribution in [0.5, 0.6) is 5.75 Å². The summed E-state index contributed by atoms with van der Waals surface area (Å²) in [5, 5.41) is 45.2. The van der Waals surface area contributed by atoms with E-state index in [0.717, 1.165) is 0 Å². The summed E-state index contributed by atoms with van der Waals surface area (Å²) in [5.41, 5.74) is 28.3.